The van der Waals surface area contributed by atoms with Crippen LogP contribution in [0.3, 0.4) is 0 Å². The molecule has 1 N–H and O–H groups in total. The highest BCUT2D eigenvalue weighted by Crippen LogP contribution is 2.34. The van der Waals surface area contributed by atoms with Crippen LogP contribution in [-0.2, 0) is 11.2 Å². The fourth-order valence-electron chi connectivity index (χ4n) is 3.43. The maximum Gasteiger partial charge on any atom is 0.0834 e. The lowest BCUT2D eigenvalue weighted by atomic mass is 9.83. The van der Waals surface area contributed by atoms with Crippen LogP contribution in [0, 0.1) is 0 Å². The molecule has 2 rings (SSSR count). The standard InChI is InChI=1S/C17H26ClNO/c1-19-16(13-14-7-9-15(18)10-8-14)17(20-2)11-5-3-4-6-12-17/h7-10,16,19H,3-6,11-13H2,1-2H3. The highest BCUT2D eigenvalue weighted by atomic mass is 35.5. The molecule has 0 aliphatic heterocycles. The first-order chi connectivity index (χ1) is 9.70. The van der Waals surface area contributed by atoms with E-state index in [4.69, 9.17) is 16.3 Å². The van der Waals surface area contributed by atoms with E-state index in [1.165, 1.54) is 31.2 Å². The zero-order valence-electron chi connectivity index (χ0n) is 12.6. The lowest BCUT2D eigenvalue weighted by Gasteiger charge is -2.39. The van der Waals surface area contributed by atoms with E-state index in [1.54, 1.807) is 0 Å². The molecule has 0 heterocycles. The topological polar surface area (TPSA) is 21.3 Å². The summed E-state index contributed by atoms with van der Waals surface area (Å²) in [5.74, 6) is 0. The third kappa shape index (κ3) is 3.75. The number of likely N-dealkylation sites (N-methyl/N-ethyl adjacent to an activating group) is 1. The van der Waals surface area contributed by atoms with Gasteiger partial charge >= 0.3 is 0 Å². The summed E-state index contributed by atoms with van der Waals surface area (Å²) in [5.41, 5.74) is 1.29. The van der Waals surface area contributed by atoms with Crippen LogP contribution in [0.25, 0.3) is 0 Å². The molecule has 1 saturated carbocycles. The van der Waals surface area contributed by atoms with E-state index in [0.29, 0.717) is 6.04 Å². The molecule has 3 heteroatoms. The predicted octanol–water partition coefficient (Wildman–Crippen LogP) is 4.21. The number of nitrogens with one attached hydrogen (secondary N) is 1. The van der Waals surface area contributed by atoms with E-state index in [9.17, 15) is 0 Å². The van der Waals surface area contributed by atoms with Crippen LogP contribution in [0.2, 0.25) is 5.02 Å². The van der Waals surface area contributed by atoms with Gasteiger partial charge in [-0.15, -0.1) is 0 Å². The van der Waals surface area contributed by atoms with Crippen molar-refractivity contribution in [3.05, 3.63) is 34.9 Å². The van der Waals surface area contributed by atoms with Crippen LogP contribution in [0.1, 0.15) is 44.1 Å². The van der Waals surface area contributed by atoms with Crippen molar-refractivity contribution in [1.82, 2.24) is 5.32 Å². The highest BCUT2D eigenvalue weighted by Gasteiger charge is 2.38. The Morgan fingerprint density at radius 2 is 1.75 bits per heavy atom. The molecular formula is C17H26ClNO. The fraction of sp³-hybridized carbons (Fsp3) is 0.647. The van der Waals surface area contributed by atoms with Crippen LogP contribution in [0.15, 0.2) is 24.3 Å². The first kappa shape index (κ1) is 15.8. The van der Waals surface area contributed by atoms with Gasteiger partial charge in [0.05, 0.1) is 5.60 Å². The minimum atomic E-state index is -0.0229. The SMILES string of the molecule is CNC(Cc1ccc(Cl)cc1)C1(OC)CCCCCC1. The van der Waals surface area contributed by atoms with Crippen LogP contribution in [0.4, 0.5) is 0 Å². The van der Waals surface area contributed by atoms with Gasteiger partial charge in [0.15, 0.2) is 0 Å². The largest absolute Gasteiger partial charge is 0.377 e. The van der Waals surface area contributed by atoms with E-state index in [-0.39, 0.29) is 5.60 Å². The molecule has 1 atom stereocenters. The Bertz CT molecular complexity index is 396. The Kier molecular flexibility index (Phi) is 5.88. The van der Waals surface area contributed by atoms with E-state index in [2.05, 4.69) is 17.4 Å². The molecule has 0 radical (unpaired) electrons. The number of hydrogen-bond donors (Lipinski definition) is 1. The summed E-state index contributed by atoms with van der Waals surface area (Å²) < 4.78 is 6.02. The molecule has 0 aromatic heterocycles. The van der Waals surface area contributed by atoms with Crippen molar-refractivity contribution in [3.63, 3.8) is 0 Å². The molecule has 1 aliphatic carbocycles. The quantitative estimate of drug-likeness (QED) is 0.822. The molecule has 112 valence electrons. The van der Waals surface area contributed by atoms with Crippen LogP contribution in [0.5, 0.6) is 0 Å². The molecule has 0 amide bonds. The van der Waals surface area contributed by atoms with Gasteiger partial charge in [0.25, 0.3) is 0 Å². The molecule has 1 aliphatic rings. The summed E-state index contributed by atoms with van der Waals surface area (Å²) in [7, 11) is 3.92. The summed E-state index contributed by atoms with van der Waals surface area (Å²) in [6.45, 7) is 0. The third-order valence-corrected chi connectivity index (χ3v) is 4.95. The Balaban J connectivity index is 2.13. The van der Waals surface area contributed by atoms with Gasteiger partial charge in [-0.1, -0.05) is 49.4 Å². The average Bonchev–Trinajstić information content (AvgIpc) is 2.73. The smallest absolute Gasteiger partial charge is 0.0834 e. The monoisotopic (exact) mass is 295 g/mol. The van der Waals surface area contributed by atoms with Crippen molar-refractivity contribution < 1.29 is 4.74 Å². The number of hydrogen-bond acceptors (Lipinski definition) is 2. The molecule has 0 bridgehead atoms. The molecular weight excluding hydrogens is 270 g/mol. The van der Waals surface area contributed by atoms with Crippen molar-refractivity contribution in [1.29, 1.82) is 0 Å². The van der Waals surface area contributed by atoms with Crippen LogP contribution in [-0.4, -0.2) is 25.8 Å². The molecule has 0 saturated heterocycles. The Morgan fingerprint density at radius 3 is 2.25 bits per heavy atom. The lowest BCUT2D eigenvalue weighted by molar-refractivity contribution is -0.0509. The van der Waals surface area contributed by atoms with E-state index >= 15 is 0 Å². The van der Waals surface area contributed by atoms with E-state index in [0.717, 1.165) is 24.3 Å². The minimum absolute atomic E-state index is 0.0229. The minimum Gasteiger partial charge on any atom is -0.377 e. The van der Waals surface area contributed by atoms with Crippen LogP contribution >= 0.6 is 11.6 Å². The Labute approximate surface area is 127 Å². The zero-order chi connectivity index (χ0) is 14.4. The van der Waals surface area contributed by atoms with Crippen molar-refractivity contribution >= 4 is 11.6 Å². The van der Waals surface area contributed by atoms with Gasteiger partial charge in [0, 0.05) is 18.2 Å². The van der Waals surface area contributed by atoms with Gasteiger partial charge in [-0.2, -0.15) is 0 Å². The Morgan fingerprint density at radius 1 is 1.15 bits per heavy atom. The molecule has 1 fully saturated rings. The van der Waals surface area contributed by atoms with Gasteiger partial charge in [0.1, 0.15) is 0 Å². The second-order valence-corrected chi connectivity index (χ2v) is 6.29. The number of rotatable bonds is 5. The van der Waals surface area contributed by atoms with Gasteiger partial charge < -0.3 is 10.1 Å². The second-order valence-electron chi connectivity index (χ2n) is 5.85. The molecule has 1 unspecified atom stereocenters. The number of benzene rings is 1. The number of methoxy groups -OCH3 is 1. The zero-order valence-corrected chi connectivity index (χ0v) is 13.4. The maximum atomic E-state index is 6.02. The van der Waals surface area contributed by atoms with Crippen molar-refractivity contribution in [2.24, 2.45) is 0 Å². The van der Waals surface area contributed by atoms with Gasteiger partial charge in [0.2, 0.25) is 0 Å². The summed E-state index contributed by atoms with van der Waals surface area (Å²) in [4.78, 5) is 0. The normalized spacial score (nSPS) is 20.4. The van der Waals surface area contributed by atoms with Gasteiger partial charge in [-0.3, -0.25) is 0 Å². The molecule has 1 aromatic carbocycles. The lowest BCUT2D eigenvalue weighted by Crippen LogP contribution is -2.52. The van der Waals surface area contributed by atoms with Crippen LogP contribution < -0.4 is 5.32 Å². The molecule has 2 nitrogen and oxygen atoms in total. The van der Waals surface area contributed by atoms with Crippen molar-refractivity contribution in [2.45, 2.75) is 56.6 Å². The highest BCUT2D eigenvalue weighted by molar-refractivity contribution is 6.30. The molecule has 1 aromatic rings. The summed E-state index contributed by atoms with van der Waals surface area (Å²) in [6, 6.07) is 8.53. The summed E-state index contributed by atoms with van der Waals surface area (Å²) in [6.07, 6.45) is 8.51. The first-order valence-corrected chi connectivity index (χ1v) is 8.05. The van der Waals surface area contributed by atoms with E-state index < -0.39 is 0 Å². The fourth-order valence-corrected chi connectivity index (χ4v) is 3.56. The van der Waals surface area contributed by atoms with Crippen molar-refractivity contribution in [3.8, 4) is 0 Å². The van der Waals surface area contributed by atoms with Gasteiger partial charge in [-0.05, 0) is 44.0 Å². The maximum absolute atomic E-state index is 6.02. The van der Waals surface area contributed by atoms with Gasteiger partial charge in [-0.25, -0.2) is 0 Å². The summed E-state index contributed by atoms with van der Waals surface area (Å²) in [5, 5.41) is 4.29. The molecule has 0 spiro atoms. The number of ether oxygens (including phenoxy) is 1. The van der Waals surface area contributed by atoms with Crippen molar-refractivity contribution in [2.75, 3.05) is 14.2 Å². The average molecular weight is 296 g/mol. The third-order valence-electron chi connectivity index (χ3n) is 4.69. The second kappa shape index (κ2) is 7.44. The summed E-state index contributed by atoms with van der Waals surface area (Å²) >= 11 is 5.97. The predicted molar refractivity (Wildman–Crippen MR) is 85.4 cm³/mol. The first-order valence-electron chi connectivity index (χ1n) is 7.67. The number of halogens is 1. The Hall–Kier alpha value is -0.570. The molecule has 20 heavy (non-hydrogen) atoms. The van der Waals surface area contributed by atoms with E-state index in [1.807, 2.05) is 26.3 Å².